The van der Waals surface area contributed by atoms with Gasteiger partial charge in [-0.2, -0.15) is 0 Å². The summed E-state index contributed by atoms with van der Waals surface area (Å²) in [6.07, 6.45) is 4.37. The molecule has 1 nitrogen and oxygen atoms in total. The number of hydrogen-bond acceptors (Lipinski definition) is 1. The van der Waals surface area contributed by atoms with E-state index in [4.69, 9.17) is 0 Å². The van der Waals surface area contributed by atoms with Crippen LogP contribution >= 0.6 is 0 Å². The summed E-state index contributed by atoms with van der Waals surface area (Å²) in [5.41, 5.74) is 0.722. The second kappa shape index (κ2) is 0.648. The van der Waals surface area contributed by atoms with Crippen LogP contribution in [-0.2, 0) is 0 Å². The summed E-state index contributed by atoms with van der Waals surface area (Å²) in [5.74, 6) is 0. The molecule has 0 aromatic rings. The van der Waals surface area contributed by atoms with Crippen molar-refractivity contribution in [2.45, 2.75) is 24.8 Å². The Morgan fingerprint density at radius 2 is 2.00 bits per heavy atom. The Labute approximate surface area is 37.7 Å². The van der Waals surface area contributed by atoms with Crippen LogP contribution in [0.15, 0.2) is 0 Å². The van der Waals surface area contributed by atoms with Crippen LogP contribution in [0.2, 0.25) is 0 Å². The van der Waals surface area contributed by atoms with Gasteiger partial charge in [0.15, 0.2) is 0 Å². The maximum Gasteiger partial charge on any atom is 0.0307 e. The van der Waals surface area contributed by atoms with Gasteiger partial charge in [-0.25, -0.2) is 0 Å². The zero-order valence-electron chi connectivity index (χ0n) is 3.83. The SMILES string of the molecule is C1CC2(C1)CN2. The van der Waals surface area contributed by atoms with Crippen LogP contribution in [0.4, 0.5) is 0 Å². The van der Waals surface area contributed by atoms with E-state index < -0.39 is 0 Å². The van der Waals surface area contributed by atoms with Gasteiger partial charge in [0.2, 0.25) is 0 Å². The summed E-state index contributed by atoms with van der Waals surface area (Å²) in [6, 6.07) is 0. The third-order valence-electron chi connectivity index (χ3n) is 1.99. The highest BCUT2D eigenvalue weighted by molar-refractivity contribution is 5.09. The Bertz CT molecular complexity index is 68.0. The summed E-state index contributed by atoms with van der Waals surface area (Å²) in [7, 11) is 0. The highest BCUT2D eigenvalue weighted by Gasteiger charge is 2.46. The normalized spacial score (nSPS) is 36.0. The molecule has 1 N–H and O–H groups in total. The summed E-state index contributed by atoms with van der Waals surface area (Å²) in [4.78, 5) is 0. The average Bonchev–Trinajstić information content (AvgIpc) is 2.02. The fraction of sp³-hybridized carbons (Fsp3) is 1.00. The van der Waals surface area contributed by atoms with Gasteiger partial charge in [0.25, 0.3) is 0 Å². The van der Waals surface area contributed by atoms with E-state index in [2.05, 4.69) is 5.32 Å². The van der Waals surface area contributed by atoms with E-state index in [9.17, 15) is 0 Å². The van der Waals surface area contributed by atoms with Gasteiger partial charge < -0.3 is 5.32 Å². The molecule has 2 aliphatic rings. The summed E-state index contributed by atoms with van der Waals surface area (Å²) in [6.45, 7) is 1.31. The van der Waals surface area contributed by atoms with Crippen molar-refractivity contribution >= 4 is 0 Å². The van der Waals surface area contributed by atoms with Crippen LogP contribution in [-0.4, -0.2) is 12.1 Å². The molecule has 1 heterocycles. The standard InChI is InChI=1S/C5H9N/c1-2-5(3-1)4-6-5/h6H,1-4H2. The monoisotopic (exact) mass is 83.1 g/mol. The molecular formula is C5H9N. The van der Waals surface area contributed by atoms with Crippen LogP contribution in [0.3, 0.4) is 0 Å². The van der Waals surface area contributed by atoms with Crippen molar-refractivity contribution in [3.05, 3.63) is 0 Å². The van der Waals surface area contributed by atoms with Crippen LogP contribution in [0.25, 0.3) is 0 Å². The predicted molar refractivity (Wildman–Crippen MR) is 24.6 cm³/mol. The second-order valence-corrected chi connectivity index (χ2v) is 2.49. The first-order valence-electron chi connectivity index (χ1n) is 2.66. The third-order valence-corrected chi connectivity index (χ3v) is 1.99. The molecule has 6 heavy (non-hydrogen) atoms. The lowest BCUT2D eigenvalue weighted by atomic mass is 9.85. The van der Waals surface area contributed by atoms with Crippen LogP contribution < -0.4 is 5.32 Å². The molecule has 0 aromatic heterocycles. The number of rotatable bonds is 0. The largest absolute Gasteiger partial charge is 0.308 e. The zero-order chi connectivity index (χ0) is 4.04. The Balaban J connectivity index is 2.09. The molecule has 1 saturated heterocycles. The minimum Gasteiger partial charge on any atom is -0.308 e. The van der Waals surface area contributed by atoms with Gasteiger partial charge in [0.05, 0.1) is 0 Å². The van der Waals surface area contributed by atoms with E-state index in [0.717, 1.165) is 5.54 Å². The topological polar surface area (TPSA) is 21.9 Å². The lowest BCUT2D eigenvalue weighted by molar-refractivity contribution is 0.379. The molecule has 34 valence electrons. The van der Waals surface area contributed by atoms with E-state index in [-0.39, 0.29) is 0 Å². The molecular weight excluding hydrogens is 74.1 g/mol. The van der Waals surface area contributed by atoms with Crippen molar-refractivity contribution < 1.29 is 0 Å². The predicted octanol–water partition coefficient (Wildman–Crippen LogP) is 0.512. The molecule has 1 aliphatic carbocycles. The van der Waals surface area contributed by atoms with Gasteiger partial charge in [-0.15, -0.1) is 0 Å². The summed E-state index contributed by atoms with van der Waals surface area (Å²) in [5, 5.41) is 3.35. The maximum absolute atomic E-state index is 3.35. The van der Waals surface area contributed by atoms with Crippen LogP contribution in [0.1, 0.15) is 19.3 Å². The minimum absolute atomic E-state index is 0.722. The molecule has 0 unspecified atom stereocenters. The molecule has 0 radical (unpaired) electrons. The van der Waals surface area contributed by atoms with E-state index in [0.29, 0.717) is 0 Å². The molecule has 0 aromatic carbocycles. The molecule has 0 bridgehead atoms. The van der Waals surface area contributed by atoms with Gasteiger partial charge in [-0.05, 0) is 19.3 Å². The first-order chi connectivity index (χ1) is 2.91. The van der Waals surface area contributed by atoms with Crippen LogP contribution in [0, 0.1) is 0 Å². The van der Waals surface area contributed by atoms with Gasteiger partial charge in [0.1, 0.15) is 0 Å². The Morgan fingerprint density at radius 1 is 1.33 bits per heavy atom. The van der Waals surface area contributed by atoms with Crippen molar-refractivity contribution in [1.82, 2.24) is 5.32 Å². The van der Waals surface area contributed by atoms with Crippen molar-refractivity contribution in [3.8, 4) is 0 Å². The Morgan fingerprint density at radius 3 is 2.00 bits per heavy atom. The molecule has 2 fully saturated rings. The summed E-state index contributed by atoms with van der Waals surface area (Å²) >= 11 is 0. The van der Waals surface area contributed by atoms with E-state index in [1.165, 1.54) is 25.8 Å². The molecule has 1 aliphatic heterocycles. The Kier molecular flexibility index (Phi) is 0.327. The smallest absolute Gasteiger partial charge is 0.0307 e. The third kappa shape index (κ3) is 0.207. The van der Waals surface area contributed by atoms with Crippen molar-refractivity contribution in [2.75, 3.05) is 6.54 Å². The van der Waals surface area contributed by atoms with Gasteiger partial charge >= 0.3 is 0 Å². The molecule has 1 saturated carbocycles. The lowest BCUT2D eigenvalue weighted by Gasteiger charge is -2.21. The van der Waals surface area contributed by atoms with Gasteiger partial charge in [-0.3, -0.25) is 0 Å². The first-order valence-corrected chi connectivity index (χ1v) is 2.66. The van der Waals surface area contributed by atoms with E-state index in [1.807, 2.05) is 0 Å². The number of hydrogen-bond donors (Lipinski definition) is 1. The Hall–Kier alpha value is -0.0400. The second-order valence-electron chi connectivity index (χ2n) is 2.49. The highest BCUT2D eigenvalue weighted by atomic mass is 15.2. The average molecular weight is 83.1 g/mol. The van der Waals surface area contributed by atoms with Crippen LogP contribution in [0.5, 0.6) is 0 Å². The maximum atomic E-state index is 3.35. The van der Waals surface area contributed by atoms with E-state index >= 15 is 0 Å². The molecule has 0 atom stereocenters. The highest BCUT2D eigenvalue weighted by Crippen LogP contribution is 2.38. The summed E-state index contributed by atoms with van der Waals surface area (Å²) < 4.78 is 0. The fourth-order valence-electron chi connectivity index (χ4n) is 1.08. The molecule has 0 amide bonds. The quantitative estimate of drug-likeness (QED) is 0.423. The van der Waals surface area contributed by atoms with Gasteiger partial charge in [-0.1, -0.05) is 0 Å². The molecule has 2 rings (SSSR count). The zero-order valence-corrected chi connectivity index (χ0v) is 3.83. The van der Waals surface area contributed by atoms with Crippen molar-refractivity contribution in [1.29, 1.82) is 0 Å². The van der Waals surface area contributed by atoms with Gasteiger partial charge in [0, 0.05) is 12.1 Å². The first kappa shape index (κ1) is 3.03. The van der Waals surface area contributed by atoms with Crippen molar-refractivity contribution in [3.63, 3.8) is 0 Å². The lowest BCUT2D eigenvalue weighted by Crippen LogP contribution is -2.24. The fourth-order valence-corrected chi connectivity index (χ4v) is 1.08. The van der Waals surface area contributed by atoms with E-state index in [1.54, 1.807) is 0 Å². The number of nitrogens with one attached hydrogen (secondary N) is 1. The molecule has 1 heteroatoms. The minimum atomic E-state index is 0.722. The molecule has 1 spiro atoms. The van der Waals surface area contributed by atoms with Crippen molar-refractivity contribution in [2.24, 2.45) is 0 Å².